The Bertz CT molecular complexity index is 940. The molecule has 0 spiro atoms. The third kappa shape index (κ3) is 5.39. The SMILES string of the molecule is Cc1c(Cl)cccc1NC(=O)CS(=O)(=O)Nc1ccc(N2CCCCC2)cc1. The first-order chi connectivity index (χ1) is 13.3. The second kappa shape index (κ2) is 8.84. The molecule has 8 heteroatoms. The van der Waals surface area contributed by atoms with Crippen LogP contribution >= 0.6 is 11.6 Å². The van der Waals surface area contributed by atoms with E-state index in [9.17, 15) is 13.2 Å². The van der Waals surface area contributed by atoms with E-state index in [1.165, 1.54) is 19.3 Å². The van der Waals surface area contributed by atoms with Crippen molar-refractivity contribution in [3.8, 4) is 0 Å². The van der Waals surface area contributed by atoms with Gasteiger partial charge >= 0.3 is 0 Å². The number of amides is 1. The molecule has 1 aliphatic heterocycles. The van der Waals surface area contributed by atoms with Crippen molar-refractivity contribution in [1.29, 1.82) is 0 Å². The maximum atomic E-state index is 12.3. The van der Waals surface area contributed by atoms with Crippen LogP contribution < -0.4 is 14.9 Å². The van der Waals surface area contributed by atoms with Gasteiger partial charge in [0.2, 0.25) is 15.9 Å². The van der Waals surface area contributed by atoms with Crippen LogP contribution in [0.1, 0.15) is 24.8 Å². The van der Waals surface area contributed by atoms with E-state index in [0.29, 0.717) is 22.0 Å². The Hall–Kier alpha value is -2.25. The quantitative estimate of drug-likeness (QED) is 0.738. The van der Waals surface area contributed by atoms with Gasteiger partial charge in [0.1, 0.15) is 5.75 Å². The standard InChI is InChI=1S/C20H24ClN3O3S/c1-15-18(21)6-5-7-19(15)22-20(25)14-28(26,27)23-16-8-10-17(11-9-16)24-12-3-2-4-13-24/h5-11,23H,2-4,12-14H2,1H3,(H,22,25). The first kappa shape index (κ1) is 20.5. The first-order valence-electron chi connectivity index (χ1n) is 9.24. The number of halogens is 1. The van der Waals surface area contributed by atoms with Gasteiger partial charge in [-0.1, -0.05) is 17.7 Å². The fourth-order valence-corrected chi connectivity index (χ4v) is 4.37. The fourth-order valence-electron chi connectivity index (χ4n) is 3.21. The number of sulfonamides is 1. The molecule has 0 unspecified atom stereocenters. The topological polar surface area (TPSA) is 78.5 Å². The molecule has 150 valence electrons. The molecule has 0 aliphatic carbocycles. The highest BCUT2D eigenvalue weighted by atomic mass is 35.5. The smallest absolute Gasteiger partial charge is 0.241 e. The van der Waals surface area contributed by atoms with Gasteiger partial charge in [-0.15, -0.1) is 0 Å². The average molecular weight is 422 g/mol. The summed E-state index contributed by atoms with van der Waals surface area (Å²) < 4.78 is 27.1. The summed E-state index contributed by atoms with van der Waals surface area (Å²) in [4.78, 5) is 14.5. The molecule has 0 radical (unpaired) electrons. The number of hydrogen-bond acceptors (Lipinski definition) is 4. The van der Waals surface area contributed by atoms with Crippen LogP contribution in [0.2, 0.25) is 5.02 Å². The summed E-state index contributed by atoms with van der Waals surface area (Å²) in [5, 5.41) is 3.10. The van der Waals surface area contributed by atoms with Crippen LogP contribution in [0, 0.1) is 6.92 Å². The lowest BCUT2D eigenvalue weighted by Gasteiger charge is -2.28. The van der Waals surface area contributed by atoms with Crippen molar-refractivity contribution in [3.63, 3.8) is 0 Å². The van der Waals surface area contributed by atoms with E-state index in [-0.39, 0.29) is 0 Å². The Labute approximate surface area is 170 Å². The van der Waals surface area contributed by atoms with Gasteiger partial charge in [0.05, 0.1) is 0 Å². The maximum absolute atomic E-state index is 12.3. The van der Waals surface area contributed by atoms with E-state index in [2.05, 4.69) is 14.9 Å². The molecule has 2 aromatic rings. The molecule has 1 heterocycles. The Morgan fingerprint density at radius 1 is 1.07 bits per heavy atom. The van der Waals surface area contributed by atoms with E-state index in [1.807, 2.05) is 12.1 Å². The lowest BCUT2D eigenvalue weighted by Crippen LogP contribution is -2.29. The van der Waals surface area contributed by atoms with Crippen molar-refractivity contribution in [3.05, 3.63) is 53.1 Å². The van der Waals surface area contributed by atoms with E-state index < -0.39 is 21.7 Å². The first-order valence-corrected chi connectivity index (χ1v) is 11.3. The van der Waals surface area contributed by atoms with Crippen LogP contribution in [0.25, 0.3) is 0 Å². The van der Waals surface area contributed by atoms with Gasteiger partial charge in [-0.3, -0.25) is 9.52 Å². The molecule has 1 saturated heterocycles. The molecule has 3 rings (SSSR count). The Morgan fingerprint density at radius 3 is 2.43 bits per heavy atom. The van der Waals surface area contributed by atoms with Crippen molar-refractivity contribution in [2.24, 2.45) is 0 Å². The number of carbonyl (C=O) groups is 1. The van der Waals surface area contributed by atoms with Crippen molar-refractivity contribution in [2.45, 2.75) is 26.2 Å². The van der Waals surface area contributed by atoms with E-state index >= 15 is 0 Å². The summed E-state index contributed by atoms with van der Waals surface area (Å²) >= 11 is 6.02. The zero-order valence-corrected chi connectivity index (χ0v) is 17.3. The number of nitrogens with zero attached hydrogens (tertiary/aromatic N) is 1. The van der Waals surface area contributed by atoms with Crippen molar-refractivity contribution in [1.82, 2.24) is 0 Å². The maximum Gasteiger partial charge on any atom is 0.241 e. The van der Waals surface area contributed by atoms with E-state index in [1.54, 1.807) is 37.3 Å². The van der Waals surface area contributed by atoms with Crippen LogP contribution in [-0.4, -0.2) is 33.2 Å². The summed E-state index contributed by atoms with van der Waals surface area (Å²) in [6.45, 7) is 3.80. The minimum Gasteiger partial charge on any atom is -0.372 e. The van der Waals surface area contributed by atoms with Crippen LogP contribution in [0.4, 0.5) is 17.1 Å². The number of carbonyl (C=O) groups excluding carboxylic acids is 1. The van der Waals surface area contributed by atoms with Gasteiger partial charge in [0.15, 0.2) is 0 Å². The van der Waals surface area contributed by atoms with Crippen molar-refractivity contribution < 1.29 is 13.2 Å². The summed E-state index contributed by atoms with van der Waals surface area (Å²) in [7, 11) is -3.82. The minimum absolute atomic E-state index is 0.437. The fraction of sp³-hybridized carbons (Fsp3) is 0.350. The van der Waals surface area contributed by atoms with Crippen LogP contribution in [-0.2, 0) is 14.8 Å². The van der Waals surface area contributed by atoms with Gasteiger partial charge in [0.25, 0.3) is 0 Å². The molecule has 6 nitrogen and oxygen atoms in total. The number of piperidine rings is 1. The van der Waals surface area contributed by atoms with Crippen LogP contribution in [0.3, 0.4) is 0 Å². The third-order valence-electron chi connectivity index (χ3n) is 4.72. The molecule has 2 aromatic carbocycles. The van der Waals surface area contributed by atoms with Gasteiger partial charge in [-0.05, 0) is 68.1 Å². The van der Waals surface area contributed by atoms with Gasteiger partial charge < -0.3 is 10.2 Å². The lowest BCUT2D eigenvalue weighted by molar-refractivity contribution is -0.113. The second-order valence-corrected chi connectivity index (χ2v) is 9.05. The van der Waals surface area contributed by atoms with E-state index in [4.69, 9.17) is 11.6 Å². The third-order valence-corrected chi connectivity index (χ3v) is 6.32. The zero-order chi connectivity index (χ0) is 20.1. The number of nitrogens with one attached hydrogen (secondary N) is 2. The normalized spacial score (nSPS) is 14.6. The molecular weight excluding hydrogens is 398 g/mol. The average Bonchev–Trinajstić information content (AvgIpc) is 2.66. The summed E-state index contributed by atoms with van der Waals surface area (Å²) in [6.07, 6.45) is 3.61. The largest absolute Gasteiger partial charge is 0.372 e. The molecule has 0 atom stereocenters. The van der Waals surface area contributed by atoms with Gasteiger partial charge in [0, 0.05) is 35.2 Å². The number of benzene rings is 2. The highest BCUT2D eigenvalue weighted by molar-refractivity contribution is 7.93. The van der Waals surface area contributed by atoms with Crippen LogP contribution in [0.15, 0.2) is 42.5 Å². The molecule has 0 bridgehead atoms. The number of hydrogen-bond donors (Lipinski definition) is 2. The molecular formula is C20H24ClN3O3S. The molecule has 1 fully saturated rings. The molecule has 1 amide bonds. The molecule has 0 saturated carbocycles. The zero-order valence-electron chi connectivity index (χ0n) is 15.7. The van der Waals surface area contributed by atoms with E-state index in [0.717, 1.165) is 18.8 Å². The molecule has 28 heavy (non-hydrogen) atoms. The highest BCUT2D eigenvalue weighted by Gasteiger charge is 2.18. The monoisotopic (exact) mass is 421 g/mol. The summed E-state index contributed by atoms with van der Waals surface area (Å²) in [5.74, 6) is -1.30. The van der Waals surface area contributed by atoms with Crippen molar-refractivity contribution >= 4 is 44.6 Å². The van der Waals surface area contributed by atoms with Gasteiger partial charge in [-0.25, -0.2) is 8.42 Å². The Balaban J connectivity index is 1.60. The highest BCUT2D eigenvalue weighted by Crippen LogP contribution is 2.24. The molecule has 1 aliphatic rings. The van der Waals surface area contributed by atoms with Crippen molar-refractivity contribution in [2.75, 3.05) is 33.8 Å². The molecule has 0 aromatic heterocycles. The lowest BCUT2D eigenvalue weighted by atomic mass is 10.1. The van der Waals surface area contributed by atoms with Crippen LogP contribution in [0.5, 0.6) is 0 Å². The minimum atomic E-state index is -3.82. The Morgan fingerprint density at radius 2 is 1.75 bits per heavy atom. The second-order valence-electron chi connectivity index (χ2n) is 6.92. The number of rotatable bonds is 6. The number of anilines is 3. The summed E-state index contributed by atoms with van der Waals surface area (Å²) in [6, 6.07) is 12.3. The predicted molar refractivity (Wildman–Crippen MR) is 115 cm³/mol. The molecule has 2 N–H and O–H groups in total. The Kier molecular flexibility index (Phi) is 6.46. The van der Waals surface area contributed by atoms with Gasteiger partial charge in [-0.2, -0.15) is 0 Å². The predicted octanol–water partition coefficient (Wildman–Crippen LogP) is 4.02. The summed E-state index contributed by atoms with van der Waals surface area (Å²) in [5.41, 5.74) is 2.71.